The van der Waals surface area contributed by atoms with Gasteiger partial charge in [0, 0.05) is 18.3 Å². The predicted octanol–water partition coefficient (Wildman–Crippen LogP) is 1.65. The summed E-state index contributed by atoms with van der Waals surface area (Å²) in [6.45, 7) is 6.58. The molecule has 1 saturated carbocycles. The largest absolute Gasteiger partial charge is 0.336 e. The first-order valence-electron chi connectivity index (χ1n) is 5.47. The van der Waals surface area contributed by atoms with Crippen molar-refractivity contribution in [2.45, 2.75) is 39.7 Å². The summed E-state index contributed by atoms with van der Waals surface area (Å²) < 4.78 is 0. The molecule has 0 saturated heterocycles. The molecule has 0 atom stereocenters. The van der Waals surface area contributed by atoms with Crippen LogP contribution in [0.15, 0.2) is 0 Å². The molecule has 1 aliphatic rings. The normalized spacial score (nSPS) is 15.4. The van der Waals surface area contributed by atoms with Crippen LogP contribution in [0.1, 0.15) is 41.5 Å². The van der Waals surface area contributed by atoms with E-state index in [0.717, 1.165) is 36.3 Å². The summed E-state index contributed by atoms with van der Waals surface area (Å²) >= 11 is 0. The van der Waals surface area contributed by atoms with Crippen molar-refractivity contribution in [2.75, 3.05) is 6.54 Å². The fourth-order valence-electron chi connectivity index (χ4n) is 1.96. The highest BCUT2D eigenvalue weighted by atomic mass is 16.2. The standard InChI is InChI=1S/C11H17N3O/c1-4-14(9-5-6-9)11(15)10-7(2)12-13-8(10)3/h9H,4-6H2,1-3H3,(H,12,13). The quantitative estimate of drug-likeness (QED) is 0.819. The molecule has 1 amide bonds. The number of aromatic nitrogens is 2. The minimum Gasteiger partial charge on any atom is -0.336 e. The molecule has 1 fully saturated rings. The molecule has 0 aromatic carbocycles. The van der Waals surface area contributed by atoms with Crippen LogP contribution in [0.5, 0.6) is 0 Å². The Hall–Kier alpha value is -1.32. The molecule has 1 heterocycles. The molecule has 1 aliphatic carbocycles. The van der Waals surface area contributed by atoms with E-state index in [-0.39, 0.29) is 5.91 Å². The Labute approximate surface area is 89.7 Å². The summed E-state index contributed by atoms with van der Waals surface area (Å²) in [5, 5.41) is 6.92. The van der Waals surface area contributed by atoms with Crippen molar-refractivity contribution in [3.63, 3.8) is 0 Å². The highest BCUT2D eigenvalue weighted by Crippen LogP contribution is 2.28. The van der Waals surface area contributed by atoms with E-state index in [9.17, 15) is 4.79 Å². The van der Waals surface area contributed by atoms with Crippen LogP contribution in [0.3, 0.4) is 0 Å². The molecular formula is C11H17N3O. The van der Waals surface area contributed by atoms with Crippen LogP contribution in [0.25, 0.3) is 0 Å². The number of nitrogens with zero attached hydrogens (tertiary/aromatic N) is 2. The van der Waals surface area contributed by atoms with Crippen LogP contribution in [-0.4, -0.2) is 33.6 Å². The molecule has 2 rings (SSSR count). The number of hydrogen-bond donors (Lipinski definition) is 1. The average Bonchev–Trinajstić information content (AvgIpc) is 2.95. The van der Waals surface area contributed by atoms with Crippen molar-refractivity contribution < 1.29 is 4.79 Å². The Morgan fingerprint density at radius 3 is 2.60 bits per heavy atom. The topological polar surface area (TPSA) is 49.0 Å². The summed E-state index contributed by atoms with van der Waals surface area (Å²) in [5.41, 5.74) is 2.43. The Bertz CT molecular complexity index is 360. The SMILES string of the molecule is CCN(C(=O)c1c(C)n[nH]c1C)C1CC1. The van der Waals surface area contributed by atoms with Crippen molar-refractivity contribution >= 4 is 5.91 Å². The smallest absolute Gasteiger partial charge is 0.257 e. The van der Waals surface area contributed by atoms with Crippen LogP contribution in [0.2, 0.25) is 0 Å². The van der Waals surface area contributed by atoms with Crippen molar-refractivity contribution in [3.05, 3.63) is 17.0 Å². The Kier molecular flexibility index (Phi) is 2.50. The van der Waals surface area contributed by atoms with Crippen molar-refractivity contribution in [1.82, 2.24) is 15.1 Å². The van der Waals surface area contributed by atoms with Crippen LogP contribution in [-0.2, 0) is 0 Å². The summed E-state index contributed by atoms with van der Waals surface area (Å²) in [4.78, 5) is 14.2. The van der Waals surface area contributed by atoms with Gasteiger partial charge < -0.3 is 4.90 Å². The molecule has 0 unspecified atom stereocenters. The zero-order chi connectivity index (χ0) is 11.0. The van der Waals surface area contributed by atoms with E-state index in [4.69, 9.17) is 0 Å². The van der Waals surface area contributed by atoms with Gasteiger partial charge in [-0.2, -0.15) is 5.10 Å². The van der Waals surface area contributed by atoms with Gasteiger partial charge in [0.2, 0.25) is 0 Å². The zero-order valence-corrected chi connectivity index (χ0v) is 9.50. The van der Waals surface area contributed by atoms with Crippen LogP contribution in [0.4, 0.5) is 0 Å². The summed E-state index contributed by atoms with van der Waals surface area (Å²) in [6.07, 6.45) is 2.30. The maximum Gasteiger partial charge on any atom is 0.257 e. The average molecular weight is 207 g/mol. The zero-order valence-electron chi connectivity index (χ0n) is 9.50. The van der Waals surface area contributed by atoms with E-state index in [0.29, 0.717) is 6.04 Å². The summed E-state index contributed by atoms with van der Waals surface area (Å²) in [6, 6.07) is 0.469. The number of nitrogens with one attached hydrogen (secondary N) is 1. The van der Waals surface area contributed by atoms with Gasteiger partial charge in [-0.1, -0.05) is 0 Å². The van der Waals surface area contributed by atoms with Gasteiger partial charge in [0.25, 0.3) is 5.91 Å². The van der Waals surface area contributed by atoms with Gasteiger partial charge in [0.05, 0.1) is 11.3 Å². The van der Waals surface area contributed by atoms with Crippen LogP contribution < -0.4 is 0 Å². The van der Waals surface area contributed by atoms with Crippen LogP contribution in [0, 0.1) is 13.8 Å². The molecule has 1 aromatic heterocycles. The van der Waals surface area contributed by atoms with Gasteiger partial charge in [0.15, 0.2) is 0 Å². The van der Waals surface area contributed by atoms with Crippen molar-refractivity contribution in [1.29, 1.82) is 0 Å². The fourth-order valence-corrected chi connectivity index (χ4v) is 1.96. The number of hydrogen-bond acceptors (Lipinski definition) is 2. The van der Waals surface area contributed by atoms with E-state index in [2.05, 4.69) is 10.2 Å². The second-order valence-electron chi connectivity index (χ2n) is 4.13. The summed E-state index contributed by atoms with van der Waals surface area (Å²) in [7, 11) is 0. The Morgan fingerprint density at radius 2 is 2.20 bits per heavy atom. The molecule has 0 aliphatic heterocycles. The highest BCUT2D eigenvalue weighted by molar-refractivity contribution is 5.96. The lowest BCUT2D eigenvalue weighted by atomic mass is 10.1. The third-order valence-electron chi connectivity index (χ3n) is 2.93. The first-order chi connectivity index (χ1) is 7.15. The number of carbonyl (C=O) groups excluding carboxylic acids is 1. The molecule has 82 valence electrons. The molecule has 0 spiro atoms. The van der Waals surface area contributed by atoms with Gasteiger partial charge in [-0.15, -0.1) is 0 Å². The first-order valence-corrected chi connectivity index (χ1v) is 5.47. The molecule has 0 bridgehead atoms. The molecule has 1 N–H and O–H groups in total. The van der Waals surface area contributed by atoms with Gasteiger partial charge in [-0.3, -0.25) is 9.89 Å². The number of amides is 1. The number of rotatable bonds is 3. The summed E-state index contributed by atoms with van der Waals surface area (Å²) in [5.74, 6) is 0.128. The minimum absolute atomic E-state index is 0.128. The maximum atomic E-state index is 12.2. The van der Waals surface area contributed by atoms with Gasteiger partial charge in [0.1, 0.15) is 0 Å². The number of aryl methyl sites for hydroxylation is 2. The second-order valence-corrected chi connectivity index (χ2v) is 4.13. The monoisotopic (exact) mass is 207 g/mol. The molecular weight excluding hydrogens is 190 g/mol. The third-order valence-corrected chi connectivity index (χ3v) is 2.93. The van der Waals surface area contributed by atoms with E-state index in [1.807, 2.05) is 25.7 Å². The van der Waals surface area contributed by atoms with E-state index in [1.165, 1.54) is 0 Å². The Balaban J connectivity index is 2.26. The van der Waals surface area contributed by atoms with E-state index < -0.39 is 0 Å². The second kappa shape index (κ2) is 3.68. The van der Waals surface area contributed by atoms with Gasteiger partial charge >= 0.3 is 0 Å². The lowest BCUT2D eigenvalue weighted by molar-refractivity contribution is 0.0751. The van der Waals surface area contributed by atoms with Gasteiger partial charge in [-0.05, 0) is 33.6 Å². The minimum atomic E-state index is 0.128. The molecule has 1 aromatic rings. The molecule has 4 nitrogen and oxygen atoms in total. The Morgan fingerprint density at radius 1 is 1.53 bits per heavy atom. The fraction of sp³-hybridized carbons (Fsp3) is 0.636. The third kappa shape index (κ3) is 1.76. The lowest BCUT2D eigenvalue weighted by Gasteiger charge is -2.20. The lowest BCUT2D eigenvalue weighted by Crippen LogP contribution is -2.33. The number of H-pyrrole nitrogens is 1. The van der Waals surface area contributed by atoms with Crippen LogP contribution >= 0.6 is 0 Å². The maximum absolute atomic E-state index is 12.2. The highest BCUT2D eigenvalue weighted by Gasteiger charge is 2.33. The number of carbonyl (C=O) groups is 1. The van der Waals surface area contributed by atoms with Gasteiger partial charge in [-0.25, -0.2) is 0 Å². The molecule has 0 radical (unpaired) electrons. The predicted molar refractivity (Wildman–Crippen MR) is 57.8 cm³/mol. The van der Waals surface area contributed by atoms with E-state index in [1.54, 1.807) is 0 Å². The first kappa shape index (κ1) is 10.2. The number of aromatic amines is 1. The van der Waals surface area contributed by atoms with E-state index >= 15 is 0 Å². The van der Waals surface area contributed by atoms with Crippen molar-refractivity contribution in [3.8, 4) is 0 Å². The molecule has 4 heteroatoms. The van der Waals surface area contributed by atoms with Crippen molar-refractivity contribution in [2.24, 2.45) is 0 Å². The molecule has 15 heavy (non-hydrogen) atoms.